The summed E-state index contributed by atoms with van der Waals surface area (Å²) >= 11 is 0. The molecule has 1 N–H and O–H groups in total. The molecule has 1 unspecified atom stereocenters. The van der Waals surface area contributed by atoms with E-state index in [2.05, 4.69) is 9.88 Å². The topological polar surface area (TPSA) is 58.4 Å². The van der Waals surface area contributed by atoms with Crippen LogP contribution in [0.2, 0.25) is 0 Å². The van der Waals surface area contributed by atoms with Gasteiger partial charge in [0.15, 0.2) is 6.04 Å². The molecule has 1 atom stereocenters. The van der Waals surface area contributed by atoms with E-state index in [-0.39, 0.29) is 0 Å². The van der Waals surface area contributed by atoms with Crippen LogP contribution in [0.5, 0.6) is 0 Å². The Morgan fingerprint density at radius 2 is 2.06 bits per heavy atom. The molecule has 1 fully saturated rings. The lowest BCUT2D eigenvalue weighted by Gasteiger charge is -2.32. The Kier molecular flexibility index (Phi) is 3.47. The van der Waals surface area contributed by atoms with E-state index in [0.29, 0.717) is 0 Å². The van der Waals surface area contributed by atoms with Crippen molar-refractivity contribution in [3.8, 4) is 0 Å². The van der Waals surface area contributed by atoms with Crippen molar-refractivity contribution in [2.75, 3.05) is 13.1 Å². The van der Waals surface area contributed by atoms with E-state index in [4.69, 9.17) is 0 Å². The molecular weight excluding hydrogens is 218 g/mol. The Hall–Kier alpha value is -1.36. The van der Waals surface area contributed by atoms with Crippen LogP contribution in [0.3, 0.4) is 0 Å². The van der Waals surface area contributed by atoms with Crippen molar-refractivity contribution in [1.29, 1.82) is 0 Å². The van der Waals surface area contributed by atoms with Gasteiger partial charge in [-0.05, 0) is 32.9 Å². The van der Waals surface area contributed by atoms with Crippen LogP contribution in [-0.2, 0) is 11.8 Å². The van der Waals surface area contributed by atoms with Gasteiger partial charge in [0.1, 0.15) is 0 Å². The van der Waals surface area contributed by atoms with Crippen LogP contribution in [-0.4, -0.2) is 38.6 Å². The molecule has 0 aromatic carbocycles. The van der Waals surface area contributed by atoms with Crippen LogP contribution < -0.4 is 0 Å². The number of carboxylic acids is 1. The highest BCUT2D eigenvalue weighted by molar-refractivity contribution is 5.75. The molecule has 2 rings (SSSR count). The first-order chi connectivity index (χ1) is 8.11. The fourth-order valence-corrected chi connectivity index (χ4v) is 2.57. The number of aryl methyl sites for hydroxylation is 2. The molecule has 5 heteroatoms. The van der Waals surface area contributed by atoms with Crippen molar-refractivity contribution in [3.63, 3.8) is 0 Å². The molecule has 1 aliphatic rings. The number of carboxylic acid groups (broad SMARTS) is 1. The van der Waals surface area contributed by atoms with E-state index in [9.17, 15) is 9.90 Å². The molecule has 1 aromatic heterocycles. The van der Waals surface area contributed by atoms with Gasteiger partial charge in [0.05, 0.1) is 17.7 Å². The summed E-state index contributed by atoms with van der Waals surface area (Å²) in [6.07, 6.45) is 5.05. The zero-order valence-corrected chi connectivity index (χ0v) is 10.4. The normalized spacial score (nSPS) is 19.2. The number of piperidine rings is 1. The second-order valence-electron chi connectivity index (χ2n) is 4.66. The highest BCUT2D eigenvalue weighted by atomic mass is 16.4. The lowest BCUT2D eigenvalue weighted by atomic mass is 10.0. The third-order valence-corrected chi connectivity index (χ3v) is 3.42. The van der Waals surface area contributed by atoms with E-state index < -0.39 is 12.0 Å². The number of rotatable bonds is 3. The number of aromatic nitrogens is 2. The SMILES string of the molecule is Cc1ncn(C)c1C(C(=O)O)N1CCCCC1. The fourth-order valence-electron chi connectivity index (χ4n) is 2.57. The monoisotopic (exact) mass is 237 g/mol. The van der Waals surface area contributed by atoms with E-state index in [1.165, 1.54) is 6.42 Å². The molecule has 0 bridgehead atoms. The van der Waals surface area contributed by atoms with Crippen molar-refractivity contribution in [2.45, 2.75) is 32.2 Å². The Morgan fingerprint density at radius 3 is 2.53 bits per heavy atom. The third-order valence-electron chi connectivity index (χ3n) is 3.42. The van der Waals surface area contributed by atoms with Gasteiger partial charge in [-0.2, -0.15) is 0 Å². The number of likely N-dealkylation sites (tertiary alicyclic amines) is 1. The molecule has 0 radical (unpaired) electrons. The lowest BCUT2D eigenvalue weighted by Crippen LogP contribution is -2.39. The van der Waals surface area contributed by atoms with E-state index in [0.717, 1.165) is 37.3 Å². The maximum atomic E-state index is 11.5. The fraction of sp³-hybridized carbons (Fsp3) is 0.667. The summed E-state index contributed by atoms with van der Waals surface area (Å²) in [6.45, 7) is 3.60. The molecular formula is C12H19N3O2. The molecule has 17 heavy (non-hydrogen) atoms. The highest BCUT2D eigenvalue weighted by Crippen LogP contribution is 2.26. The van der Waals surface area contributed by atoms with Crippen molar-refractivity contribution in [1.82, 2.24) is 14.5 Å². The zero-order chi connectivity index (χ0) is 12.4. The molecule has 1 aromatic rings. The van der Waals surface area contributed by atoms with Gasteiger partial charge in [0.25, 0.3) is 0 Å². The molecule has 2 heterocycles. The molecule has 5 nitrogen and oxygen atoms in total. The van der Waals surface area contributed by atoms with Gasteiger partial charge in [-0.1, -0.05) is 6.42 Å². The number of aliphatic carboxylic acids is 1. The van der Waals surface area contributed by atoms with Gasteiger partial charge in [0.2, 0.25) is 0 Å². The Morgan fingerprint density at radius 1 is 1.41 bits per heavy atom. The van der Waals surface area contributed by atoms with E-state index >= 15 is 0 Å². The molecule has 0 amide bonds. The van der Waals surface area contributed by atoms with Gasteiger partial charge in [-0.3, -0.25) is 9.69 Å². The van der Waals surface area contributed by atoms with Crippen molar-refractivity contribution in [3.05, 3.63) is 17.7 Å². The van der Waals surface area contributed by atoms with E-state index in [1.54, 1.807) is 6.33 Å². The minimum atomic E-state index is -0.779. The summed E-state index contributed by atoms with van der Waals surface area (Å²) in [6, 6.07) is -0.553. The maximum absolute atomic E-state index is 11.5. The van der Waals surface area contributed by atoms with Gasteiger partial charge in [-0.15, -0.1) is 0 Å². The quantitative estimate of drug-likeness (QED) is 0.862. The van der Waals surface area contributed by atoms with Crippen LogP contribution in [0.15, 0.2) is 6.33 Å². The number of nitrogens with zero attached hydrogens (tertiary/aromatic N) is 3. The molecule has 0 spiro atoms. The number of hydrogen-bond donors (Lipinski definition) is 1. The van der Waals surface area contributed by atoms with Crippen LogP contribution in [0.1, 0.15) is 36.7 Å². The number of hydrogen-bond acceptors (Lipinski definition) is 3. The minimum absolute atomic E-state index is 0.553. The average molecular weight is 237 g/mol. The molecule has 0 saturated carbocycles. The first-order valence-corrected chi connectivity index (χ1v) is 6.06. The van der Waals surface area contributed by atoms with Crippen molar-refractivity contribution < 1.29 is 9.90 Å². The lowest BCUT2D eigenvalue weighted by molar-refractivity contribution is -0.144. The summed E-state index contributed by atoms with van der Waals surface area (Å²) in [5.41, 5.74) is 1.62. The van der Waals surface area contributed by atoms with Gasteiger partial charge in [0, 0.05) is 7.05 Å². The summed E-state index contributed by atoms with van der Waals surface area (Å²) in [5.74, 6) is -0.779. The third kappa shape index (κ3) is 2.34. The summed E-state index contributed by atoms with van der Waals surface area (Å²) in [4.78, 5) is 17.8. The second-order valence-corrected chi connectivity index (χ2v) is 4.66. The van der Waals surface area contributed by atoms with Crippen LogP contribution in [0.4, 0.5) is 0 Å². The number of carbonyl (C=O) groups is 1. The largest absolute Gasteiger partial charge is 0.480 e. The van der Waals surface area contributed by atoms with Gasteiger partial charge in [-0.25, -0.2) is 4.98 Å². The molecule has 94 valence electrons. The highest BCUT2D eigenvalue weighted by Gasteiger charge is 2.31. The average Bonchev–Trinajstić information content (AvgIpc) is 2.62. The first-order valence-electron chi connectivity index (χ1n) is 6.06. The summed E-state index contributed by atoms with van der Waals surface area (Å²) < 4.78 is 1.82. The Bertz CT molecular complexity index is 388. The van der Waals surface area contributed by atoms with Crippen LogP contribution in [0, 0.1) is 6.92 Å². The Balaban J connectivity index is 2.31. The van der Waals surface area contributed by atoms with Gasteiger partial charge < -0.3 is 9.67 Å². The van der Waals surface area contributed by atoms with Crippen molar-refractivity contribution >= 4 is 5.97 Å². The molecule has 1 saturated heterocycles. The standard InChI is InChI=1S/C12H19N3O2/c1-9-10(14(2)8-13-9)11(12(16)17)15-6-4-3-5-7-15/h8,11H,3-7H2,1-2H3,(H,16,17). The summed E-state index contributed by atoms with van der Waals surface area (Å²) in [5, 5.41) is 9.46. The Labute approximate surface area is 101 Å². The first kappa shape index (κ1) is 12.1. The van der Waals surface area contributed by atoms with Crippen LogP contribution in [0.25, 0.3) is 0 Å². The minimum Gasteiger partial charge on any atom is -0.480 e. The van der Waals surface area contributed by atoms with Crippen LogP contribution >= 0.6 is 0 Å². The molecule has 0 aliphatic carbocycles. The van der Waals surface area contributed by atoms with Gasteiger partial charge >= 0.3 is 5.97 Å². The maximum Gasteiger partial charge on any atom is 0.327 e. The number of imidazole rings is 1. The van der Waals surface area contributed by atoms with Crippen molar-refractivity contribution in [2.24, 2.45) is 7.05 Å². The predicted molar refractivity (Wildman–Crippen MR) is 63.7 cm³/mol. The van der Waals surface area contributed by atoms with E-state index in [1.807, 2.05) is 18.5 Å². The zero-order valence-electron chi connectivity index (χ0n) is 10.4. The summed E-state index contributed by atoms with van der Waals surface area (Å²) in [7, 11) is 1.86. The smallest absolute Gasteiger partial charge is 0.327 e. The predicted octanol–water partition coefficient (Wildman–Crippen LogP) is 1.34. The second kappa shape index (κ2) is 4.87. The molecule has 1 aliphatic heterocycles.